The van der Waals surface area contributed by atoms with Gasteiger partial charge in [-0.05, 0) is 97.7 Å². The SMILES string of the molecule is COC(=O)CC[C@H](C)[C@@H]1CC[C@@H]2[C@@H]3CC[C@@H]4CCCC[C@]4(C)[C@@H]3C[C@H](O)[C@@]21C. The first-order chi connectivity index (χ1) is 13.3. The molecule has 0 spiro atoms. The summed E-state index contributed by atoms with van der Waals surface area (Å²) < 4.78 is 4.86. The molecular formula is C25H42O3. The number of esters is 1. The van der Waals surface area contributed by atoms with Gasteiger partial charge in [0.1, 0.15) is 0 Å². The quantitative estimate of drug-likeness (QED) is 0.636. The van der Waals surface area contributed by atoms with Crippen LogP contribution < -0.4 is 0 Å². The molecule has 0 heterocycles. The number of hydrogen-bond donors (Lipinski definition) is 1. The molecule has 0 aromatic heterocycles. The second-order valence-corrected chi connectivity index (χ2v) is 11.3. The third-order valence-electron chi connectivity index (χ3n) is 10.5. The van der Waals surface area contributed by atoms with Gasteiger partial charge >= 0.3 is 5.97 Å². The number of hydrogen-bond acceptors (Lipinski definition) is 3. The number of methoxy groups -OCH3 is 1. The van der Waals surface area contributed by atoms with E-state index in [-0.39, 0.29) is 17.5 Å². The lowest BCUT2D eigenvalue weighted by molar-refractivity contribution is -0.168. The van der Waals surface area contributed by atoms with Crippen LogP contribution in [0.25, 0.3) is 0 Å². The average Bonchev–Trinajstić information content (AvgIpc) is 3.05. The van der Waals surface area contributed by atoms with Gasteiger partial charge in [-0.1, -0.05) is 33.6 Å². The molecular weight excluding hydrogens is 348 g/mol. The number of carbonyl (C=O) groups is 1. The predicted molar refractivity (Wildman–Crippen MR) is 112 cm³/mol. The van der Waals surface area contributed by atoms with Gasteiger partial charge in [-0.15, -0.1) is 0 Å². The standard InChI is InChI=1S/C25H42O3/c1-16(8-13-23(27)28-4)19-11-12-20-18-10-9-17-7-5-6-14-24(17,2)21(18)15-22(26)25(19,20)3/h16-22,26H,5-15H2,1-4H3/t16-,17-,18-,19-,20+,21+,22-,24-,25+/m0/s1. The second kappa shape index (κ2) is 7.60. The molecule has 3 nitrogen and oxygen atoms in total. The Hall–Kier alpha value is -0.570. The number of rotatable bonds is 4. The van der Waals surface area contributed by atoms with E-state index in [2.05, 4.69) is 20.8 Å². The van der Waals surface area contributed by atoms with E-state index in [0.29, 0.717) is 29.6 Å². The van der Waals surface area contributed by atoms with Crippen molar-refractivity contribution in [1.29, 1.82) is 0 Å². The molecule has 4 rings (SSSR count). The van der Waals surface area contributed by atoms with Crippen LogP contribution >= 0.6 is 0 Å². The van der Waals surface area contributed by atoms with Gasteiger partial charge in [0.05, 0.1) is 13.2 Å². The van der Waals surface area contributed by atoms with Crippen LogP contribution in [0, 0.1) is 46.3 Å². The van der Waals surface area contributed by atoms with E-state index >= 15 is 0 Å². The van der Waals surface area contributed by atoms with Gasteiger partial charge in [0.2, 0.25) is 0 Å². The third-order valence-corrected chi connectivity index (χ3v) is 10.5. The van der Waals surface area contributed by atoms with Crippen molar-refractivity contribution < 1.29 is 14.6 Å². The Kier molecular flexibility index (Phi) is 5.61. The van der Waals surface area contributed by atoms with Crippen LogP contribution in [0.15, 0.2) is 0 Å². The first kappa shape index (κ1) is 20.7. The normalized spacial score (nSPS) is 48.9. The molecule has 9 atom stereocenters. The van der Waals surface area contributed by atoms with Crippen LogP contribution in [0.1, 0.15) is 91.4 Å². The van der Waals surface area contributed by atoms with Gasteiger partial charge in [-0.25, -0.2) is 0 Å². The van der Waals surface area contributed by atoms with Crippen LogP contribution in [-0.4, -0.2) is 24.3 Å². The monoisotopic (exact) mass is 390 g/mol. The van der Waals surface area contributed by atoms with Crippen LogP contribution in [0.5, 0.6) is 0 Å². The Bertz CT molecular complexity index is 588. The summed E-state index contributed by atoms with van der Waals surface area (Å²) in [4.78, 5) is 11.6. The molecule has 1 N–H and O–H groups in total. The molecule has 3 heteroatoms. The summed E-state index contributed by atoms with van der Waals surface area (Å²) in [5.74, 6) is 4.02. The van der Waals surface area contributed by atoms with Crippen molar-refractivity contribution in [3.63, 3.8) is 0 Å². The highest BCUT2D eigenvalue weighted by Crippen LogP contribution is 2.68. The van der Waals surface area contributed by atoms with Crippen molar-refractivity contribution in [3.05, 3.63) is 0 Å². The molecule has 0 unspecified atom stereocenters. The highest BCUT2D eigenvalue weighted by atomic mass is 16.5. The number of fused-ring (bicyclic) bond motifs is 5. The Morgan fingerprint density at radius 1 is 1.11 bits per heavy atom. The minimum Gasteiger partial charge on any atom is -0.469 e. The van der Waals surface area contributed by atoms with Crippen molar-refractivity contribution in [3.8, 4) is 0 Å². The lowest BCUT2D eigenvalue weighted by Crippen LogP contribution is -2.58. The van der Waals surface area contributed by atoms with Crippen LogP contribution in [0.4, 0.5) is 0 Å². The van der Waals surface area contributed by atoms with E-state index < -0.39 is 0 Å². The van der Waals surface area contributed by atoms with E-state index in [1.165, 1.54) is 58.5 Å². The van der Waals surface area contributed by atoms with E-state index in [4.69, 9.17) is 4.74 Å². The zero-order valence-electron chi connectivity index (χ0n) is 18.6. The van der Waals surface area contributed by atoms with Crippen molar-refractivity contribution in [2.75, 3.05) is 7.11 Å². The first-order valence-corrected chi connectivity index (χ1v) is 12.1. The fourth-order valence-electron chi connectivity index (χ4n) is 8.87. The fourth-order valence-corrected chi connectivity index (χ4v) is 8.87. The lowest BCUT2D eigenvalue weighted by Gasteiger charge is -2.62. The molecule has 4 aliphatic rings. The zero-order valence-corrected chi connectivity index (χ0v) is 18.6. The average molecular weight is 391 g/mol. The van der Waals surface area contributed by atoms with Crippen LogP contribution in [0.3, 0.4) is 0 Å². The maximum absolute atomic E-state index is 11.6. The second-order valence-electron chi connectivity index (χ2n) is 11.3. The Morgan fingerprint density at radius 3 is 2.64 bits per heavy atom. The van der Waals surface area contributed by atoms with Gasteiger partial charge in [-0.3, -0.25) is 4.79 Å². The largest absolute Gasteiger partial charge is 0.469 e. The molecule has 4 aliphatic carbocycles. The summed E-state index contributed by atoms with van der Waals surface area (Å²) in [6.45, 7) is 7.29. The fraction of sp³-hybridized carbons (Fsp3) is 0.960. The maximum atomic E-state index is 11.6. The van der Waals surface area contributed by atoms with Gasteiger partial charge in [0.25, 0.3) is 0 Å². The summed E-state index contributed by atoms with van der Waals surface area (Å²) in [7, 11) is 1.48. The molecule has 160 valence electrons. The van der Waals surface area contributed by atoms with E-state index in [1.54, 1.807) is 0 Å². The minimum atomic E-state index is -0.177. The molecule has 28 heavy (non-hydrogen) atoms. The smallest absolute Gasteiger partial charge is 0.305 e. The maximum Gasteiger partial charge on any atom is 0.305 e. The molecule has 0 bridgehead atoms. The molecule has 0 radical (unpaired) electrons. The molecule has 0 aromatic carbocycles. The molecule has 0 saturated heterocycles. The molecule has 0 aliphatic heterocycles. The number of aliphatic hydroxyl groups excluding tert-OH is 1. The van der Waals surface area contributed by atoms with Crippen molar-refractivity contribution in [1.82, 2.24) is 0 Å². The first-order valence-electron chi connectivity index (χ1n) is 12.1. The summed E-state index contributed by atoms with van der Waals surface area (Å²) >= 11 is 0. The minimum absolute atomic E-state index is 0.0363. The van der Waals surface area contributed by atoms with Crippen LogP contribution in [0.2, 0.25) is 0 Å². The number of aliphatic hydroxyl groups is 1. The van der Waals surface area contributed by atoms with E-state index in [0.717, 1.165) is 30.6 Å². The molecule has 0 amide bonds. The molecule has 4 saturated carbocycles. The summed E-state index contributed by atoms with van der Waals surface area (Å²) in [5, 5.41) is 11.5. The zero-order chi connectivity index (χ0) is 20.1. The highest BCUT2D eigenvalue weighted by molar-refractivity contribution is 5.69. The van der Waals surface area contributed by atoms with Gasteiger partial charge in [0.15, 0.2) is 0 Å². The Balaban J connectivity index is 1.54. The predicted octanol–water partition coefficient (Wildman–Crippen LogP) is 5.60. The Morgan fingerprint density at radius 2 is 1.89 bits per heavy atom. The van der Waals surface area contributed by atoms with Crippen molar-refractivity contribution in [2.45, 2.75) is 97.5 Å². The lowest BCUT2D eigenvalue weighted by atomic mass is 9.44. The molecule has 4 fully saturated rings. The summed E-state index contributed by atoms with van der Waals surface area (Å²) in [6.07, 6.45) is 13.2. The number of carbonyl (C=O) groups excluding carboxylic acids is 1. The summed E-state index contributed by atoms with van der Waals surface area (Å²) in [6, 6.07) is 0. The van der Waals surface area contributed by atoms with Crippen LogP contribution in [-0.2, 0) is 9.53 Å². The van der Waals surface area contributed by atoms with Gasteiger partial charge in [0, 0.05) is 6.42 Å². The van der Waals surface area contributed by atoms with Gasteiger partial charge in [-0.2, -0.15) is 0 Å². The molecule has 0 aromatic rings. The number of ether oxygens (including phenoxy) is 1. The van der Waals surface area contributed by atoms with Gasteiger partial charge < -0.3 is 9.84 Å². The van der Waals surface area contributed by atoms with Crippen molar-refractivity contribution in [2.24, 2.45) is 46.3 Å². The topological polar surface area (TPSA) is 46.5 Å². The summed E-state index contributed by atoms with van der Waals surface area (Å²) in [5.41, 5.74) is 0.507. The van der Waals surface area contributed by atoms with E-state index in [9.17, 15) is 9.90 Å². The Labute approximate surface area is 172 Å². The highest BCUT2D eigenvalue weighted by Gasteiger charge is 2.63. The van der Waals surface area contributed by atoms with Crippen molar-refractivity contribution >= 4 is 5.97 Å². The third kappa shape index (κ3) is 3.06. The van der Waals surface area contributed by atoms with E-state index in [1.807, 2.05) is 0 Å².